The van der Waals surface area contributed by atoms with Crippen LogP contribution in [-0.4, -0.2) is 38.5 Å². The largest absolute Gasteiger partial charge is 0.388 e. The van der Waals surface area contributed by atoms with E-state index in [0.29, 0.717) is 12.1 Å². The van der Waals surface area contributed by atoms with Crippen molar-refractivity contribution in [1.82, 2.24) is 0 Å². The normalized spacial score (nSPS) is 21.1. The van der Waals surface area contributed by atoms with Crippen LogP contribution in [0.25, 0.3) is 0 Å². The molecular weight excluding hydrogens is 531 g/mol. The molecule has 8 heteroatoms. The molecule has 1 aliphatic rings. The summed E-state index contributed by atoms with van der Waals surface area (Å²) < 4.78 is 33.1. The summed E-state index contributed by atoms with van der Waals surface area (Å²) in [6.45, 7) is 6.60. The second kappa shape index (κ2) is 12.6. The van der Waals surface area contributed by atoms with Crippen molar-refractivity contribution in [2.75, 3.05) is 17.2 Å². The maximum Gasteiger partial charge on any atom is 0.238 e. The summed E-state index contributed by atoms with van der Waals surface area (Å²) in [5, 5.41) is 13.7. The molecule has 3 rings (SSSR count). The third-order valence-electron chi connectivity index (χ3n) is 6.09. The van der Waals surface area contributed by atoms with Gasteiger partial charge in [0.25, 0.3) is 0 Å². The molecule has 0 saturated carbocycles. The Labute approximate surface area is 228 Å². The van der Waals surface area contributed by atoms with E-state index in [1.165, 1.54) is 9.18 Å². The van der Waals surface area contributed by atoms with Gasteiger partial charge in [-0.15, -0.1) is 10.3 Å². The molecule has 1 fully saturated rings. The van der Waals surface area contributed by atoms with Gasteiger partial charge in [-0.3, -0.25) is 4.31 Å². The van der Waals surface area contributed by atoms with Crippen LogP contribution >= 0.6 is 11.3 Å². The molecule has 1 aliphatic heterocycles. The molecule has 2 aromatic rings. The average Bonchev–Trinajstić information content (AvgIpc) is 3.32. The van der Waals surface area contributed by atoms with E-state index in [9.17, 15) is 13.5 Å². The van der Waals surface area contributed by atoms with Crippen molar-refractivity contribution in [2.45, 2.75) is 77.5 Å². The number of aliphatic hydroxyl groups excluding tert-OH is 1. The summed E-state index contributed by atoms with van der Waals surface area (Å²) >= 11 is 1.61. The quantitative estimate of drug-likeness (QED) is 0.393. The second-order valence-electron chi connectivity index (χ2n) is 9.89. The molecule has 181 valence electrons. The number of ether oxygens (including phenoxy) is 1. The number of hydrogen-bond acceptors (Lipinski definition) is 5. The van der Waals surface area contributed by atoms with E-state index in [0.717, 1.165) is 37.7 Å². The Kier molecular flexibility index (Phi) is 11.0. The Bertz CT molecular complexity index is 940. The van der Waals surface area contributed by atoms with E-state index in [2.05, 4.69) is 32.2 Å². The topological polar surface area (TPSA) is 66.8 Å². The van der Waals surface area contributed by atoms with Crippen LogP contribution in [0, 0.1) is 10.8 Å². The zero-order valence-electron chi connectivity index (χ0n) is 20.2. The Morgan fingerprint density at radius 1 is 1.21 bits per heavy atom. The van der Waals surface area contributed by atoms with Gasteiger partial charge in [-0.1, -0.05) is 52.2 Å². The molecule has 3 unspecified atom stereocenters. The van der Waals surface area contributed by atoms with Gasteiger partial charge in [0.1, 0.15) is 0 Å². The van der Waals surface area contributed by atoms with Crippen LogP contribution in [0.5, 0.6) is 0 Å². The number of rotatable bonds is 10. The van der Waals surface area contributed by atoms with Gasteiger partial charge in [0, 0.05) is 39.8 Å². The SMILES string of the molecule is COC1CS(=O)(=O)N(c2ccc(C(O)CCCC(C)(C)C)cc2)C1CCCc1cc[c-]s1.[Y]. The van der Waals surface area contributed by atoms with Crippen LogP contribution in [0.3, 0.4) is 0 Å². The van der Waals surface area contributed by atoms with E-state index >= 15 is 0 Å². The van der Waals surface area contributed by atoms with Crippen molar-refractivity contribution < 1.29 is 51.0 Å². The fourth-order valence-electron chi connectivity index (χ4n) is 4.36. The minimum Gasteiger partial charge on any atom is -0.388 e. The standard InChI is InChI=1S/C25H36NO4S2.Y/c1-25(2,3)16-6-11-23(27)19-12-14-20(15-13-19)26-22(24(30-4)18-32(26,28)29)10-5-8-21-9-7-17-31-21;/h7,9,12-15,22-24,27H,5-6,8,10-11,16,18H2,1-4H3;/q-1;. The van der Waals surface area contributed by atoms with Crippen molar-refractivity contribution in [2.24, 2.45) is 5.41 Å². The van der Waals surface area contributed by atoms with Crippen molar-refractivity contribution in [3.63, 3.8) is 0 Å². The van der Waals surface area contributed by atoms with Crippen molar-refractivity contribution in [3.8, 4) is 0 Å². The molecule has 0 aliphatic carbocycles. The van der Waals surface area contributed by atoms with Gasteiger partial charge >= 0.3 is 0 Å². The Morgan fingerprint density at radius 3 is 2.48 bits per heavy atom. The number of thiophene rings is 1. The molecule has 3 atom stereocenters. The third kappa shape index (κ3) is 8.11. The van der Waals surface area contributed by atoms with Gasteiger partial charge in [-0.05, 0) is 42.4 Å². The number of sulfonamides is 1. The number of hydrogen-bond donors (Lipinski definition) is 1. The maximum absolute atomic E-state index is 13.0. The molecular formula is C25H36NO4S2Y-. The number of aliphatic hydroxyl groups is 1. The summed E-state index contributed by atoms with van der Waals surface area (Å²) in [6.07, 6.45) is 4.35. The van der Waals surface area contributed by atoms with Crippen LogP contribution in [0.1, 0.15) is 69.4 Å². The first kappa shape index (κ1) is 28.9. The van der Waals surface area contributed by atoms with E-state index in [1.807, 2.05) is 30.3 Å². The van der Waals surface area contributed by atoms with Crippen LogP contribution in [0.4, 0.5) is 5.69 Å². The number of methoxy groups -OCH3 is 1. The monoisotopic (exact) mass is 567 g/mol. The fraction of sp³-hybridized carbons (Fsp3) is 0.600. The first-order chi connectivity index (χ1) is 15.1. The summed E-state index contributed by atoms with van der Waals surface area (Å²) in [4.78, 5) is 1.26. The van der Waals surface area contributed by atoms with Crippen molar-refractivity contribution >= 4 is 27.0 Å². The van der Waals surface area contributed by atoms with Gasteiger partial charge in [-0.2, -0.15) is 6.07 Å². The van der Waals surface area contributed by atoms with Crippen molar-refractivity contribution in [1.29, 1.82) is 0 Å². The summed E-state index contributed by atoms with van der Waals surface area (Å²) in [6, 6.07) is 11.1. The molecule has 1 saturated heterocycles. The molecule has 2 heterocycles. The first-order valence-electron chi connectivity index (χ1n) is 11.4. The molecule has 0 spiro atoms. The van der Waals surface area contributed by atoms with Gasteiger partial charge in [0.2, 0.25) is 10.0 Å². The van der Waals surface area contributed by atoms with Gasteiger partial charge in [-0.25, -0.2) is 14.5 Å². The van der Waals surface area contributed by atoms with E-state index < -0.39 is 16.1 Å². The minimum atomic E-state index is -3.46. The summed E-state index contributed by atoms with van der Waals surface area (Å²) in [5.41, 5.74) is 1.72. The smallest absolute Gasteiger partial charge is 0.238 e. The predicted molar refractivity (Wildman–Crippen MR) is 132 cm³/mol. The summed E-state index contributed by atoms with van der Waals surface area (Å²) in [5.74, 6) is -0.00186. The maximum atomic E-state index is 13.0. The second-order valence-corrected chi connectivity index (χ2v) is 12.7. The molecule has 5 nitrogen and oxygen atoms in total. The molecule has 1 aromatic carbocycles. The number of aryl methyl sites for hydroxylation is 1. The first-order valence-corrected chi connectivity index (χ1v) is 13.8. The predicted octanol–water partition coefficient (Wildman–Crippen LogP) is 5.35. The van der Waals surface area contributed by atoms with Crippen LogP contribution in [0.2, 0.25) is 0 Å². The third-order valence-corrected chi connectivity index (χ3v) is 8.78. The molecule has 1 N–H and O–H groups in total. The number of nitrogens with zero attached hydrogens (tertiary/aromatic N) is 1. The van der Waals surface area contributed by atoms with E-state index in [-0.39, 0.29) is 56.0 Å². The average molecular weight is 568 g/mol. The molecule has 33 heavy (non-hydrogen) atoms. The van der Waals surface area contributed by atoms with Gasteiger partial charge in [0.05, 0.1) is 29.7 Å². The summed E-state index contributed by atoms with van der Waals surface area (Å²) in [7, 11) is -1.87. The zero-order chi connectivity index (χ0) is 23.4. The molecule has 0 amide bonds. The van der Waals surface area contributed by atoms with Gasteiger partial charge in [0.15, 0.2) is 0 Å². The van der Waals surface area contributed by atoms with Crippen molar-refractivity contribution in [3.05, 3.63) is 52.2 Å². The van der Waals surface area contributed by atoms with Crippen LogP contribution < -0.4 is 4.31 Å². The number of anilines is 1. The minimum absolute atomic E-state index is 0. The Morgan fingerprint density at radius 2 is 1.91 bits per heavy atom. The number of benzene rings is 1. The fourth-order valence-corrected chi connectivity index (χ4v) is 7.06. The van der Waals surface area contributed by atoms with E-state index in [4.69, 9.17) is 4.74 Å². The zero-order valence-corrected chi connectivity index (χ0v) is 24.6. The van der Waals surface area contributed by atoms with Gasteiger partial charge < -0.3 is 21.2 Å². The molecule has 0 bridgehead atoms. The van der Waals surface area contributed by atoms with E-state index in [1.54, 1.807) is 18.4 Å². The Balaban J connectivity index is 0.00000385. The Hall–Kier alpha value is -0.306. The molecule has 1 radical (unpaired) electrons. The molecule has 1 aromatic heterocycles. The van der Waals surface area contributed by atoms with Crippen LogP contribution in [-0.2, 0) is 53.9 Å². The van der Waals surface area contributed by atoms with Crippen LogP contribution in [0.15, 0.2) is 36.4 Å².